The van der Waals surface area contributed by atoms with E-state index in [1.165, 1.54) is 28.2 Å². The molecule has 1 aliphatic rings. The van der Waals surface area contributed by atoms with Crippen LogP contribution in [0, 0.1) is 0 Å². The molecule has 4 heteroatoms. The molecule has 0 saturated carbocycles. The van der Waals surface area contributed by atoms with E-state index in [4.69, 9.17) is 5.11 Å². The van der Waals surface area contributed by atoms with Crippen molar-refractivity contribution in [1.29, 1.82) is 0 Å². The van der Waals surface area contributed by atoms with Gasteiger partial charge in [0.1, 0.15) is 0 Å². The lowest BCUT2D eigenvalue weighted by atomic mass is 10.1. The lowest BCUT2D eigenvalue weighted by Gasteiger charge is -2.08. The molecule has 0 unspecified atom stereocenters. The fourth-order valence-electron chi connectivity index (χ4n) is 2.69. The monoisotopic (exact) mass is 269 g/mol. The fraction of sp³-hybridized carbons (Fsp3) is 0.250. The molecule has 0 saturated heterocycles. The van der Waals surface area contributed by atoms with Gasteiger partial charge in [0.25, 0.3) is 5.56 Å². The number of carboxylic acid groups (broad SMARTS) is 1. The maximum absolute atomic E-state index is 11.9. The van der Waals surface area contributed by atoms with Crippen molar-refractivity contribution in [2.75, 3.05) is 0 Å². The number of rotatable bonds is 3. The summed E-state index contributed by atoms with van der Waals surface area (Å²) in [7, 11) is 0. The topological polar surface area (TPSA) is 59.3 Å². The third-order valence-electron chi connectivity index (χ3n) is 3.76. The molecule has 1 aliphatic carbocycles. The lowest BCUT2D eigenvalue weighted by Crippen LogP contribution is -2.20. The molecule has 4 nitrogen and oxygen atoms in total. The van der Waals surface area contributed by atoms with E-state index in [2.05, 4.69) is 12.1 Å². The first-order chi connectivity index (χ1) is 9.63. The quantitative estimate of drug-likeness (QED) is 0.928. The molecule has 1 heterocycles. The number of carbonyl (C=O) groups is 1. The Kier molecular flexibility index (Phi) is 3.14. The number of aromatic nitrogens is 1. The van der Waals surface area contributed by atoms with Gasteiger partial charge in [0, 0.05) is 12.3 Å². The molecule has 0 aliphatic heterocycles. The van der Waals surface area contributed by atoms with Gasteiger partial charge >= 0.3 is 5.97 Å². The zero-order valence-corrected chi connectivity index (χ0v) is 11.0. The molecule has 2 aromatic rings. The molecular weight excluding hydrogens is 254 g/mol. The summed E-state index contributed by atoms with van der Waals surface area (Å²) in [6.45, 7) is 0.478. The predicted molar refractivity (Wildman–Crippen MR) is 75.2 cm³/mol. The van der Waals surface area contributed by atoms with Gasteiger partial charge in [0.15, 0.2) is 0 Å². The Bertz CT molecular complexity index is 731. The molecular formula is C16H15NO3. The summed E-state index contributed by atoms with van der Waals surface area (Å²) in [5, 5.41) is 8.85. The molecule has 20 heavy (non-hydrogen) atoms. The first kappa shape index (κ1) is 12.7. The van der Waals surface area contributed by atoms with Gasteiger partial charge in [-0.15, -0.1) is 0 Å². The van der Waals surface area contributed by atoms with Crippen LogP contribution in [0.3, 0.4) is 0 Å². The van der Waals surface area contributed by atoms with E-state index >= 15 is 0 Å². The van der Waals surface area contributed by atoms with E-state index in [0.29, 0.717) is 6.54 Å². The van der Waals surface area contributed by atoms with E-state index in [0.717, 1.165) is 24.5 Å². The SMILES string of the molecule is O=C(O)c1ccn(Cc2ccc3c(c2)CCC3)c(=O)c1. The third kappa shape index (κ3) is 2.37. The first-order valence-electron chi connectivity index (χ1n) is 6.68. The molecule has 0 radical (unpaired) electrons. The highest BCUT2D eigenvalue weighted by molar-refractivity contribution is 5.87. The van der Waals surface area contributed by atoms with Crippen LogP contribution >= 0.6 is 0 Å². The number of carboxylic acids is 1. The average molecular weight is 269 g/mol. The highest BCUT2D eigenvalue weighted by Crippen LogP contribution is 2.22. The molecule has 0 atom stereocenters. The number of fused-ring (bicyclic) bond motifs is 1. The van der Waals surface area contributed by atoms with Gasteiger partial charge in [-0.2, -0.15) is 0 Å². The van der Waals surface area contributed by atoms with Gasteiger partial charge < -0.3 is 9.67 Å². The normalized spacial score (nSPS) is 13.2. The predicted octanol–water partition coefficient (Wildman–Crippen LogP) is 2.08. The van der Waals surface area contributed by atoms with Gasteiger partial charge in [-0.25, -0.2) is 4.79 Å². The summed E-state index contributed by atoms with van der Waals surface area (Å²) >= 11 is 0. The van der Waals surface area contributed by atoms with Crippen molar-refractivity contribution < 1.29 is 9.90 Å². The zero-order chi connectivity index (χ0) is 14.1. The van der Waals surface area contributed by atoms with Crippen LogP contribution in [0.2, 0.25) is 0 Å². The molecule has 1 aromatic carbocycles. The van der Waals surface area contributed by atoms with E-state index in [1.807, 2.05) is 6.07 Å². The Labute approximate surface area is 116 Å². The van der Waals surface area contributed by atoms with Crippen molar-refractivity contribution in [1.82, 2.24) is 4.57 Å². The minimum absolute atomic E-state index is 0.0280. The Morgan fingerprint density at radius 3 is 2.70 bits per heavy atom. The van der Waals surface area contributed by atoms with Gasteiger partial charge in [0.05, 0.1) is 12.1 Å². The van der Waals surface area contributed by atoms with Crippen molar-refractivity contribution in [3.63, 3.8) is 0 Å². The van der Waals surface area contributed by atoms with Crippen LogP contribution in [0.15, 0.2) is 41.3 Å². The maximum atomic E-state index is 11.9. The maximum Gasteiger partial charge on any atom is 0.335 e. The molecule has 1 aromatic heterocycles. The van der Waals surface area contributed by atoms with Crippen LogP contribution in [0.5, 0.6) is 0 Å². The first-order valence-corrected chi connectivity index (χ1v) is 6.68. The summed E-state index contributed by atoms with van der Waals surface area (Å²) in [6.07, 6.45) is 4.99. The number of aryl methyl sites for hydroxylation is 2. The summed E-state index contributed by atoms with van der Waals surface area (Å²) in [5.41, 5.74) is 3.60. The number of aromatic carboxylic acids is 1. The highest BCUT2D eigenvalue weighted by Gasteiger charge is 2.11. The standard InChI is InChI=1S/C16H15NO3/c18-15-9-14(16(19)20)6-7-17(15)10-11-4-5-12-2-1-3-13(12)8-11/h4-9H,1-3,10H2,(H,19,20). The van der Waals surface area contributed by atoms with Gasteiger partial charge in [0.2, 0.25) is 0 Å². The second-order valence-corrected chi connectivity index (χ2v) is 5.14. The summed E-state index contributed by atoms with van der Waals surface area (Å²) in [5.74, 6) is -1.08. The van der Waals surface area contributed by atoms with Gasteiger partial charge in [-0.05, 0) is 42.0 Å². The Morgan fingerprint density at radius 1 is 1.15 bits per heavy atom. The van der Waals surface area contributed by atoms with Crippen LogP contribution in [0.1, 0.15) is 33.5 Å². The van der Waals surface area contributed by atoms with Gasteiger partial charge in [-0.1, -0.05) is 18.2 Å². The minimum atomic E-state index is -1.08. The molecule has 0 fully saturated rings. The molecule has 3 rings (SSSR count). The van der Waals surface area contributed by atoms with Crippen molar-refractivity contribution in [2.24, 2.45) is 0 Å². The molecule has 0 spiro atoms. The number of benzene rings is 1. The summed E-state index contributed by atoms with van der Waals surface area (Å²) < 4.78 is 1.53. The largest absolute Gasteiger partial charge is 0.478 e. The second-order valence-electron chi connectivity index (χ2n) is 5.14. The number of pyridine rings is 1. The van der Waals surface area contributed by atoms with Crippen molar-refractivity contribution in [3.05, 3.63) is 69.1 Å². The smallest absolute Gasteiger partial charge is 0.335 e. The van der Waals surface area contributed by atoms with Crippen LogP contribution in [0.25, 0.3) is 0 Å². The third-order valence-corrected chi connectivity index (χ3v) is 3.76. The molecule has 0 amide bonds. The number of hydrogen-bond acceptors (Lipinski definition) is 2. The molecule has 102 valence electrons. The Balaban J connectivity index is 1.88. The number of nitrogens with zero attached hydrogens (tertiary/aromatic N) is 1. The fourth-order valence-corrected chi connectivity index (χ4v) is 2.69. The zero-order valence-electron chi connectivity index (χ0n) is 11.0. The Morgan fingerprint density at radius 2 is 1.95 bits per heavy atom. The summed E-state index contributed by atoms with van der Waals surface area (Å²) in [4.78, 5) is 22.7. The van der Waals surface area contributed by atoms with Crippen molar-refractivity contribution in [3.8, 4) is 0 Å². The van der Waals surface area contributed by atoms with Crippen molar-refractivity contribution >= 4 is 5.97 Å². The van der Waals surface area contributed by atoms with E-state index in [1.54, 1.807) is 6.20 Å². The Hall–Kier alpha value is -2.36. The van der Waals surface area contributed by atoms with Crippen LogP contribution in [-0.2, 0) is 19.4 Å². The molecule has 0 bridgehead atoms. The highest BCUT2D eigenvalue weighted by atomic mass is 16.4. The van der Waals surface area contributed by atoms with Gasteiger partial charge in [-0.3, -0.25) is 4.79 Å². The minimum Gasteiger partial charge on any atom is -0.478 e. The van der Waals surface area contributed by atoms with E-state index in [9.17, 15) is 9.59 Å². The van der Waals surface area contributed by atoms with Crippen LogP contribution in [-0.4, -0.2) is 15.6 Å². The lowest BCUT2D eigenvalue weighted by molar-refractivity contribution is 0.0696. The van der Waals surface area contributed by atoms with E-state index in [-0.39, 0.29) is 11.1 Å². The summed E-state index contributed by atoms with van der Waals surface area (Å²) in [6, 6.07) is 8.95. The van der Waals surface area contributed by atoms with Crippen LogP contribution in [0.4, 0.5) is 0 Å². The van der Waals surface area contributed by atoms with Crippen LogP contribution < -0.4 is 5.56 Å². The number of hydrogen-bond donors (Lipinski definition) is 1. The second kappa shape index (κ2) is 4.96. The van der Waals surface area contributed by atoms with E-state index < -0.39 is 5.97 Å². The van der Waals surface area contributed by atoms with Crippen molar-refractivity contribution in [2.45, 2.75) is 25.8 Å². The molecule has 1 N–H and O–H groups in total. The average Bonchev–Trinajstić information content (AvgIpc) is 2.88.